The molecule has 1 fully saturated rings. The summed E-state index contributed by atoms with van der Waals surface area (Å²) in [5.41, 5.74) is 3.30. The van der Waals surface area contributed by atoms with Gasteiger partial charge in [-0.2, -0.15) is 14.0 Å². The van der Waals surface area contributed by atoms with Gasteiger partial charge < -0.3 is 4.74 Å². The van der Waals surface area contributed by atoms with Gasteiger partial charge in [-0.15, -0.1) is 13.2 Å². The van der Waals surface area contributed by atoms with Crippen LogP contribution < -0.4 is 11.1 Å². The molecule has 3 unspecified atom stereocenters. The third-order valence-corrected chi connectivity index (χ3v) is 3.72. The highest BCUT2D eigenvalue weighted by molar-refractivity contribution is 5.25. The molecule has 1 aliphatic heterocycles. The van der Waals surface area contributed by atoms with Crippen LogP contribution >= 0.6 is 0 Å². The Balaban J connectivity index is 3.74. The number of likely N-dealkylation sites (N-methyl/N-ethyl adjacent to an activating group) is 1. The Morgan fingerprint density at radius 1 is 1.38 bits per heavy atom. The van der Waals surface area contributed by atoms with Crippen molar-refractivity contribution in [3.63, 3.8) is 0 Å². The molecule has 1 saturated heterocycles. The van der Waals surface area contributed by atoms with E-state index in [1.165, 1.54) is 25.2 Å². The summed E-state index contributed by atoms with van der Waals surface area (Å²) < 4.78 is 77.9. The first-order valence-corrected chi connectivity index (χ1v) is 6.46. The van der Waals surface area contributed by atoms with Crippen LogP contribution in [0.15, 0.2) is 0 Å². The van der Waals surface area contributed by atoms with Gasteiger partial charge in [-0.05, 0) is 7.05 Å². The summed E-state index contributed by atoms with van der Waals surface area (Å²) in [5.74, 6) is -5.96. The summed E-state index contributed by atoms with van der Waals surface area (Å²) in [6.45, 7) is -4.39. The predicted molar refractivity (Wildman–Crippen MR) is 68.7 cm³/mol. The van der Waals surface area contributed by atoms with E-state index in [9.17, 15) is 27.2 Å². The number of halogens is 5. The highest BCUT2D eigenvalue weighted by Gasteiger charge is 2.78. The van der Waals surface area contributed by atoms with E-state index in [2.05, 4.69) is 14.8 Å². The molecule has 0 aromatic carbocycles. The molecule has 0 aliphatic carbocycles. The lowest BCUT2D eigenvalue weighted by Gasteiger charge is -2.48. The summed E-state index contributed by atoms with van der Waals surface area (Å²) in [4.78, 5) is 0. The van der Waals surface area contributed by atoms with E-state index in [0.717, 1.165) is 19.2 Å². The molecular formula is C11H18F5N5O3. The van der Waals surface area contributed by atoms with Crippen LogP contribution in [0.1, 0.15) is 0 Å². The first-order chi connectivity index (χ1) is 10.8. The van der Waals surface area contributed by atoms with Crippen LogP contribution in [0.4, 0.5) is 22.0 Å². The predicted octanol–water partition coefficient (Wildman–Crippen LogP) is -0.00882. The quantitative estimate of drug-likeness (QED) is 0.503. The molecule has 0 amide bonds. The zero-order valence-electron chi connectivity index (χ0n) is 13.3. The average molecular weight is 363 g/mol. The highest BCUT2D eigenvalue weighted by Crippen LogP contribution is 2.49. The van der Waals surface area contributed by atoms with Gasteiger partial charge in [0.05, 0.1) is 6.54 Å². The molecule has 0 saturated carbocycles. The van der Waals surface area contributed by atoms with Crippen LogP contribution in [-0.4, -0.2) is 75.0 Å². The van der Waals surface area contributed by atoms with Crippen molar-refractivity contribution in [1.29, 1.82) is 5.26 Å². The topological polar surface area (TPSA) is 96.0 Å². The van der Waals surface area contributed by atoms with Crippen molar-refractivity contribution < 1.29 is 36.2 Å². The number of nitrogens with two attached hydrogens (primary N) is 1. The van der Waals surface area contributed by atoms with Crippen LogP contribution in [0.25, 0.3) is 0 Å². The van der Waals surface area contributed by atoms with Gasteiger partial charge in [-0.25, -0.2) is 14.8 Å². The van der Waals surface area contributed by atoms with Crippen molar-refractivity contribution in [3.8, 4) is 6.07 Å². The molecule has 1 aliphatic rings. The number of rotatable bonds is 6. The molecule has 3 atom stereocenters. The van der Waals surface area contributed by atoms with Gasteiger partial charge in [-0.3, -0.25) is 15.8 Å². The SMILES string of the molecule is CNC1(N)N(N(C)C)CC(C#N)(OC)C1(OC(F)F)OC(F)(F)F. The molecular weight excluding hydrogens is 345 g/mol. The molecule has 1 heterocycles. The lowest BCUT2D eigenvalue weighted by atomic mass is 9.93. The first-order valence-electron chi connectivity index (χ1n) is 6.46. The van der Waals surface area contributed by atoms with Gasteiger partial charge in [0, 0.05) is 21.2 Å². The van der Waals surface area contributed by atoms with Gasteiger partial charge in [0.25, 0.3) is 5.79 Å². The van der Waals surface area contributed by atoms with Crippen molar-refractivity contribution in [3.05, 3.63) is 0 Å². The standard InChI is InChI=1S/C11H18F5N5O3/c1-19-10(18)9(23-7(12)13,24-11(14,15)16)8(5-17,22-4)6-21(10)20(2)3/h7,19H,6,18H2,1-4H3. The Labute approximate surface area is 134 Å². The molecule has 0 aromatic rings. The molecule has 1 rings (SSSR count). The number of nitrogens with zero attached hydrogens (tertiary/aromatic N) is 3. The van der Waals surface area contributed by atoms with E-state index in [1.54, 1.807) is 0 Å². The largest absolute Gasteiger partial charge is 0.525 e. The molecule has 0 spiro atoms. The van der Waals surface area contributed by atoms with Crippen molar-refractivity contribution in [1.82, 2.24) is 15.3 Å². The minimum absolute atomic E-state index is 0.646. The van der Waals surface area contributed by atoms with E-state index in [-0.39, 0.29) is 0 Å². The molecule has 0 aromatic heterocycles. The van der Waals surface area contributed by atoms with Crippen molar-refractivity contribution in [2.45, 2.75) is 30.1 Å². The zero-order chi connectivity index (χ0) is 19.0. The van der Waals surface area contributed by atoms with Crippen molar-refractivity contribution in [2.24, 2.45) is 5.73 Å². The molecule has 140 valence electrons. The van der Waals surface area contributed by atoms with E-state index in [1.807, 2.05) is 0 Å². The molecule has 13 heteroatoms. The fourth-order valence-electron chi connectivity index (χ4n) is 2.68. The number of nitriles is 1. The molecule has 0 bridgehead atoms. The van der Waals surface area contributed by atoms with Gasteiger partial charge in [0.2, 0.25) is 5.60 Å². The van der Waals surface area contributed by atoms with E-state index < -0.39 is 36.7 Å². The Morgan fingerprint density at radius 3 is 2.21 bits per heavy atom. The number of hydrogen-bond donors (Lipinski definition) is 2. The van der Waals surface area contributed by atoms with Crippen LogP contribution in [-0.2, 0) is 14.2 Å². The molecule has 0 radical (unpaired) electrons. The van der Waals surface area contributed by atoms with E-state index >= 15 is 0 Å². The van der Waals surface area contributed by atoms with Crippen LogP contribution in [0.3, 0.4) is 0 Å². The maximum absolute atomic E-state index is 13.0. The minimum Gasteiger partial charge on any atom is -0.357 e. The second-order valence-corrected chi connectivity index (χ2v) is 5.11. The average Bonchev–Trinajstić information content (AvgIpc) is 2.64. The molecule has 3 N–H and O–H groups in total. The summed E-state index contributed by atoms with van der Waals surface area (Å²) in [5, 5.41) is 13.8. The van der Waals surface area contributed by atoms with Crippen LogP contribution in [0.2, 0.25) is 0 Å². The summed E-state index contributed by atoms with van der Waals surface area (Å²) in [6, 6.07) is 1.43. The fraction of sp³-hybridized carbons (Fsp3) is 0.909. The van der Waals surface area contributed by atoms with Gasteiger partial charge in [0.1, 0.15) is 6.07 Å². The fourth-order valence-corrected chi connectivity index (χ4v) is 2.68. The Bertz CT molecular complexity index is 501. The zero-order valence-corrected chi connectivity index (χ0v) is 13.3. The van der Waals surface area contributed by atoms with Gasteiger partial charge >= 0.3 is 13.0 Å². The third-order valence-electron chi connectivity index (χ3n) is 3.72. The number of ether oxygens (including phenoxy) is 3. The van der Waals surface area contributed by atoms with Crippen molar-refractivity contribution in [2.75, 3.05) is 34.8 Å². The second kappa shape index (κ2) is 6.64. The normalized spacial score (nSPS) is 35.0. The maximum atomic E-state index is 13.0. The van der Waals surface area contributed by atoms with Gasteiger partial charge in [-0.1, -0.05) is 0 Å². The van der Waals surface area contributed by atoms with Crippen molar-refractivity contribution >= 4 is 0 Å². The lowest BCUT2D eigenvalue weighted by molar-refractivity contribution is -0.476. The summed E-state index contributed by atoms with van der Waals surface area (Å²) >= 11 is 0. The number of hydrogen-bond acceptors (Lipinski definition) is 8. The number of alkyl halides is 5. The van der Waals surface area contributed by atoms with E-state index in [4.69, 9.17) is 10.5 Å². The number of methoxy groups -OCH3 is 1. The second-order valence-electron chi connectivity index (χ2n) is 5.11. The maximum Gasteiger partial charge on any atom is 0.525 e. The lowest BCUT2D eigenvalue weighted by Crippen LogP contribution is -2.79. The van der Waals surface area contributed by atoms with Crippen LogP contribution in [0, 0.1) is 11.3 Å². The van der Waals surface area contributed by atoms with E-state index in [0.29, 0.717) is 0 Å². The Kier molecular flexibility index (Phi) is 5.78. The summed E-state index contributed by atoms with van der Waals surface area (Å²) in [6.07, 6.45) is -5.46. The monoisotopic (exact) mass is 363 g/mol. The number of nitrogens with one attached hydrogen (secondary N) is 1. The third kappa shape index (κ3) is 3.06. The highest BCUT2D eigenvalue weighted by atomic mass is 19.4. The molecule has 24 heavy (non-hydrogen) atoms. The Hall–Kier alpha value is -1.14. The minimum atomic E-state index is -5.46. The Morgan fingerprint density at radius 2 is 1.92 bits per heavy atom. The number of hydrazine groups is 1. The summed E-state index contributed by atoms with van der Waals surface area (Å²) in [7, 11) is 4.72. The first kappa shape index (κ1) is 20.9. The molecule has 8 nitrogen and oxygen atoms in total. The van der Waals surface area contributed by atoms with Crippen LogP contribution in [0.5, 0.6) is 0 Å². The van der Waals surface area contributed by atoms with Gasteiger partial charge in [0.15, 0.2) is 5.79 Å². The smallest absolute Gasteiger partial charge is 0.357 e.